The van der Waals surface area contributed by atoms with E-state index in [1.54, 1.807) is 6.08 Å². The molecule has 1 saturated heterocycles. The van der Waals surface area contributed by atoms with Crippen molar-refractivity contribution in [1.82, 2.24) is 4.90 Å². The number of hydrogen-bond donors (Lipinski definition) is 0. The fraction of sp³-hybridized carbons (Fsp3) is 0.400. The number of rotatable bonds is 5. The Morgan fingerprint density at radius 2 is 2.21 bits per heavy atom. The highest BCUT2D eigenvalue weighted by Gasteiger charge is 2.16. The van der Waals surface area contributed by atoms with E-state index in [0.29, 0.717) is 39.3 Å². The van der Waals surface area contributed by atoms with E-state index in [4.69, 9.17) is 9.47 Å². The van der Waals surface area contributed by atoms with Gasteiger partial charge in [-0.3, -0.25) is 4.79 Å². The van der Waals surface area contributed by atoms with E-state index in [9.17, 15) is 4.79 Å². The molecule has 0 N–H and O–H groups in total. The van der Waals surface area contributed by atoms with Gasteiger partial charge in [0.2, 0.25) is 5.91 Å². The molecule has 4 nitrogen and oxygen atoms in total. The molecule has 102 valence electrons. The van der Waals surface area contributed by atoms with Gasteiger partial charge >= 0.3 is 0 Å². The Balaban J connectivity index is 1.93. The molecule has 1 heterocycles. The lowest BCUT2D eigenvalue weighted by molar-refractivity contribution is -0.134. The molecule has 2 rings (SSSR count). The van der Waals surface area contributed by atoms with Crippen LogP contribution >= 0.6 is 0 Å². The van der Waals surface area contributed by atoms with E-state index < -0.39 is 0 Å². The number of morpholine rings is 1. The molecule has 1 aliphatic rings. The summed E-state index contributed by atoms with van der Waals surface area (Å²) in [6, 6.07) is 7.63. The van der Waals surface area contributed by atoms with E-state index in [0.717, 1.165) is 11.3 Å². The molecular weight excluding hydrogens is 242 g/mol. The first-order valence-corrected chi connectivity index (χ1v) is 6.48. The van der Waals surface area contributed by atoms with Gasteiger partial charge in [-0.15, -0.1) is 0 Å². The lowest BCUT2D eigenvalue weighted by atomic mass is 10.1. The van der Waals surface area contributed by atoms with Crippen molar-refractivity contribution in [2.75, 3.05) is 32.9 Å². The maximum Gasteiger partial charge on any atom is 0.227 e. The molecule has 0 saturated carbocycles. The Morgan fingerprint density at radius 3 is 2.95 bits per heavy atom. The van der Waals surface area contributed by atoms with E-state index in [2.05, 4.69) is 6.58 Å². The van der Waals surface area contributed by atoms with E-state index in [-0.39, 0.29) is 5.91 Å². The topological polar surface area (TPSA) is 38.8 Å². The van der Waals surface area contributed by atoms with Crippen molar-refractivity contribution >= 4 is 5.91 Å². The largest absolute Gasteiger partial charge is 0.490 e. The quantitative estimate of drug-likeness (QED) is 0.757. The van der Waals surface area contributed by atoms with Crippen LogP contribution < -0.4 is 4.74 Å². The van der Waals surface area contributed by atoms with Gasteiger partial charge in [0.1, 0.15) is 12.4 Å². The molecule has 0 spiro atoms. The van der Waals surface area contributed by atoms with Gasteiger partial charge in [-0.1, -0.05) is 24.8 Å². The summed E-state index contributed by atoms with van der Waals surface area (Å²) >= 11 is 0. The Hall–Kier alpha value is -1.81. The molecule has 4 heteroatoms. The van der Waals surface area contributed by atoms with Crippen LogP contribution in [0, 0.1) is 0 Å². The highest BCUT2D eigenvalue weighted by atomic mass is 16.5. The van der Waals surface area contributed by atoms with Crippen LogP contribution in [0.2, 0.25) is 0 Å². The maximum absolute atomic E-state index is 12.1. The summed E-state index contributed by atoms with van der Waals surface area (Å²) in [5.41, 5.74) is 0.970. The van der Waals surface area contributed by atoms with Crippen molar-refractivity contribution in [3.05, 3.63) is 42.5 Å². The smallest absolute Gasteiger partial charge is 0.227 e. The second-order valence-electron chi connectivity index (χ2n) is 4.42. The van der Waals surface area contributed by atoms with Crippen LogP contribution in [0.1, 0.15) is 5.56 Å². The molecular formula is C15H19NO3. The number of carbonyl (C=O) groups is 1. The first-order chi connectivity index (χ1) is 9.29. The van der Waals surface area contributed by atoms with Gasteiger partial charge in [0, 0.05) is 13.1 Å². The summed E-state index contributed by atoms with van der Waals surface area (Å²) in [6.45, 7) is 6.72. The summed E-state index contributed by atoms with van der Waals surface area (Å²) in [7, 11) is 0. The van der Waals surface area contributed by atoms with Crippen molar-refractivity contribution in [3.63, 3.8) is 0 Å². The standard InChI is InChI=1S/C15H19NO3/c1-2-8-19-14-5-3-4-13(11-14)12-15(17)16-6-9-18-10-7-16/h2-5,11H,1,6-10,12H2. The van der Waals surface area contributed by atoms with Gasteiger partial charge in [-0.25, -0.2) is 0 Å². The summed E-state index contributed by atoms with van der Waals surface area (Å²) in [6.07, 6.45) is 2.11. The van der Waals surface area contributed by atoms with E-state index in [1.165, 1.54) is 0 Å². The lowest BCUT2D eigenvalue weighted by Gasteiger charge is -2.26. The maximum atomic E-state index is 12.1. The molecule has 0 aromatic heterocycles. The summed E-state index contributed by atoms with van der Waals surface area (Å²) in [4.78, 5) is 14.0. The number of carbonyl (C=O) groups excluding carboxylic acids is 1. The van der Waals surface area contributed by atoms with Crippen LogP contribution in [0.25, 0.3) is 0 Å². The van der Waals surface area contributed by atoms with Crippen LogP contribution in [0.3, 0.4) is 0 Å². The fourth-order valence-corrected chi connectivity index (χ4v) is 2.00. The van der Waals surface area contributed by atoms with Crippen molar-refractivity contribution < 1.29 is 14.3 Å². The SMILES string of the molecule is C=CCOc1cccc(CC(=O)N2CCOCC2)c1. The summed E-state index contributed by atoms with van der Waals surface area (Å²) in [5.74, 6) is 0.913. The Kier molecular flexibility index (Phi) is 4.98. The Morgan fingerprint density at radius 1 is 1.42 bits per heavy atom. The summed E-state index contributed by atoms with van der Waals surface area (Å²) < 4.78 is 10.7. The van der Waals surface area contributed by atoms with Gasteiger partial charge in [0.25, 0.3) is 0 Å². The number of nitrogens with zero attached hydrogens (tertiary/aromatic N) is 1. The van der Waals surface area contributed by atoms with Crippen molar-refractivity contribution in [2.24, 2.45) is 0 Å². The van der Waals surface area contributed by atoms with Gasteiger partial charge in [-0.05, 0) is 17.7 Å². The minimum Gasteiger partial charge on any atom is -0.490 e. The molecule has 0 radical (unpaired) electrons. The Labute approximate surface area is 113 Å². The first-order valence-electron chi connectivity index (χ1n) is 6.48. The zero-order valence-electron chi connectivity index (χ0n) is 11.0. The van der Waals surface area contributed by atoms with Gasteiger partial charge in [0.05, 0.1) is 19.6 Å². The monoisotopic (exact) mass is 261 g/mol. The second kappa shape index (κ2) is 6.95. The van der Waals surface area contributed by atoms with Crippen LogP contribution in [-0.2, 0) is 16.0 Å². The molecule has 19 heavy (non-hydrogen) atoms. The molecule has 0 unspecified atom stereocenters. The number of hydrogen-bond acceptors (Lipinski definition) is 3. The minimum absolute atomic E-state index is 0.143. The third kappa shape index (κ3) is 4.10. The predicted octanol–water partition coefficient (Wildman–Crippen LogP) is 1.65. The zero-order chi connectivity index (χ0) is 13.5. The van der Waals surface area contributed by atoms with Gasteiger partial charge in [-0.2, -0.15) is 0 Å². The lowest BCUT2D eigenvalue weighted by Crippen LogP contribution is -2.41. The van der Waals surface area contributed by atoms with Crippen molar-refractivity contribution in [2.45, 2.75) is 6.42 Å². The Bertz CT molecular complexity index is 439. The number of benzene rings is 1. The van der Waals surface area contributed by atoms with Crippen molar-refractivity contribution in [3.8, 4) is 5.75 Å². The predicted molar refractivity (Wildman–Crippen MR) is 73.2 cm³/mol. The molecule has 0 aliphatic carbocycles. The van der Waals surface area contributed by atoms with Crippen LogP contribution in [0.4, 0.5) is 0 Å². The molecule has 1 aromatic carbocycles. The average Bonchev–Trinajstić information content (AvgIpc) is 2.46. The fourth-order valence-electron chi connectivity index (χ4n) is 2.00. The zero-order valence-corrected chi connectivity index (χ0v) is 11.0. The molecule has 0 bridgehead atoms. The van der Waals surface area contributed by atoms with Crippen LogP contribution in [0.5, 0.6) is 5.75 Å². The normalized spacial score (nSPS) is 15.1. The average molecular weight is 261 g/mol. The highest BCUT2D eigenvalue weighted by molar-refractivity contribution is 5.79. The number of amides is 1. The van der Waals surface area contributed by atoms with Gasteiger partial charge < -0.3 is 14.4 Å². The molecule has 1 aromatic rings. The third-order valence-corrected chi connectivity index (χ3v) is 2.99. The first kappa shape index (κ1) is 13.6. The van der Waals surface area contributed by atoms with E-state index >= 15 is 0 Å². The molecule has 1 fully saturated rings. The molecule has 1 amide bonds. The van der Waals surface area contributed by atoms with Gasteiger partial charge in [0.15, 0.2) is 0 Å². The highest BCUT2D eigenvalue weighted by Crippen LogP contribution is 2.14. The third-order valence-electron chi connectivity index (χ3n) is 2.99. The van der Waals surface area contributed by atoms with Crippen molar-refractivity contribution in [1.29, 1.82) is 0 Å². The van der Waals surface area contributed by atoms with Crippen LogP contribution in [0.15, 0.2) is 36.9 Å². The molecule has 1 aliphatic heterocycles. The molecule has 0 atom stereocenters. The van der Waals surface area contributed by atoms with E-state index in [1.807, 2.05) is 29.2 Å². The number of ether oxygens (including phenoxy) is 2. The second-order valence-corrected chi connectivity index (χ2v) is 4.42. The van der Waals surface area contributed by atoms with Crippen LogP contribution in [-0.4, -0.2) is 43.7 Å². The minimum atomic E-state index is 0.143. The summed E-state index contributed by atoms with van der Waals surface area (Å²) in [5, 5.41) is 0.